The van der Waals surface area contributed by atoms with Crippen LogP contribution >= 0.6 is 11.8 Å². The van der Waals surface area contributed by atoms with Crippen molar-refractivity contribution >= 4 is 35.0 Å². The summed E-state index contributed by atoms with van der Waals surface area (Å²) >= 11 is 1.42. The zero-order valence-corrected chi connectivity index (χ0v) is 17.2. The first-order chi connectivity index (χ1) is 14.2. The van der Waals surface area contributed by atoms with Crippen LogP contribution in [-0.2, 0) is 9.59 Å². The molecule has 2 aromatic rings. The molecule has 1 N–H and O–H groups in total. The maximum absolute atomic E-state index is 12.2. The average molecular weight is 415 g/mol. The molecule has 29 heavy (non-hydrogen) atoms. The number of amides is 2. The van der Waals surface area contributed by atoms with Gasteiger partial charge in [-0.3, -0.25) is 9.59 Å². The van der Waals surface area contributed by atoms with Crippen LogP contribution in [-0.4, -0.2) is 34.3 Å². The molecule has 2 aliphatic rings. The van der Waals surface area contributed by atoms with Crippen molar-refractivity contribution in [2.75, 3.05) is 22.5 Å². The summed E-state index contributed by atoms with van der Waals surface area (Å²) in [7, 11) is 0. The maximum atomic E-state index is 12.2. The summed E-state index contributed by atoms with van der Waals surface area (Å²) in [6.45, 7) is 0.764. The second-order valence-corrected chi connectivity index (χ2v) is 8.63. The number of thioether (sulfide) groups is 1. The first kappa shape index (κ1) is 19.9. The number of nitrogens with one attached hydrogen (secondary N) is 1. The van der Waals surface area contributed by atoms with Gasteiger partial charge in [-0.1, -0.05) is 31.0 Å². The Balaban J connectivity index is 1.21. The number of anilines is 2. The van der Waals surface area contributed by atoms with E-state index in [1.165, 1.54) is 31.0 Å². The van der Waals surface area contributed by atoms with Crippen LogP contribution < -0.4 is 10.2 Å². The molecule has 7 nitrogen and oxygen atoms in total. The largest absolute Gasteiger partial charge is 0.416 e. The second kappa shape index (κ2) is 9.43. The first-order valence-corrected chi connectivity index (χ1v) is 11.3. The Kier molecular flexibility index (Phi) is 6.49. The molecule has 0 unspecified atom stereocenters. The van der Waals surface area contributed by atoms with Gasteiger partial charge in [0.1, 0.15) is 0 Å². The minimum absolute atomic E-state index is 0.0606. The standard InChI is InChI=1S/C21H26N4O3S/c26-18(22-16-8-10-17(11-9-16)25-13-4-7-19(25)27)12-14-29-21-24-23-20(28-21)15-5-2-1-3-6-15/h8-11,15H,1-7,12-14H2,(H,22,26). The van der Waals surface area contributed by atoms with E-state index in [-0.39, 0.29) is 11.8 Å². The molecule has 1 aromatic carbocycles. The molecule has 0 atom stereocenters. The summed E-state index contributed by atoms with van der Waals surface area (Å²) < 4.78 is 5.77. The Bertz CT molecular complexity index is 846. The van der Waals surface area contributed by atoms with Crippen LogP contribution in [0.2, 0.25) is 0 Å². The molecule has 2 heterocycles. The Morgan fingerprint density at radius 2 is 1.93 bits per heavy atom. The van der Waals surface area contributed by atoms with E-state index in [0.29, 0.717) is 29.7 Å². The van der Waals surface area contributed by atoms with Gasteiger partial charge in [-0.15, -0.1) is 10.2 Å². The van der Waals surface area contributed by atoms with E-state index < -0.39 is 0 Å². The third kappa shape index (κ3) is 5.18. The monoisotopic (exact) mass is 414 g/mol. The summed E-state index contributed by atoms with van der Waals surface area (Å²) in [5, 5.41) is 11.7. The van der Waals surface area contributed by atoms with Gasteiger partial charge in [-0.2, -0.15) is 0 Å². The quantitative estimate of drug-likeness (QED) is 0.677. The van der Waals surface area contributed by atoms with Crippen LogP contribution in [0, 0.1) is 0 Å². The summed E-state index contributed by atoms with van der Waals surface area (Å²) in [6.07, 6.45) is 7.86. The fourth-order valence-electron chi connectivity index (χ4n) is 3.89. The molecular formula is C21H26N4O3S. The minimum atomic E-state index is -0.0606. The Hall–Kier alpha value is -2.35. The lowest BCUT2D eigenvalue weighted by molar-refractivity contribution is -0.117. The van der Waals surface area contributed by atoms with E-state index >= 15 is 0 Å². The number of carbonyl (C=O) groups excluding carboxylic acids is 2. The molecular weight excluding hydrogens is 388 g/mol. The van der Waals surface area contributed by atoms with E-state index in [9.17, 15) is 9.59 Å². The van der Waals surface area contributed by atoms with E-state index in [1.54, 1.807) is 4.90 Å². The highest BCUT2D eigenvalue weighted by molar-refractivity contribution is 7.99. The van der Waals surface area contributed by atoms with E-state index in [1.807, 2.05) is 24.3 Å². The predicted molar refractivity (Wildman–Crippen MR) is 112 cm³/mol. The van der Waals surface area contributed by atoms with Gasteiger partial charge in [-0.25, -0.2) is 0 Å². The first-order valence-electron chi connectivity index (χ1n) is 10.4. The van der Waals surface area contributed by atoms with Crippen molar-refractivity contribution in [3.63, 3.8) is 0 Å². The minimum Gasteiger partial charge on any atom is -0.416 e. The fraction of sp³-hybridized carbons (Fsp3) is 0.524. The van der Waals surface area contributed by atoms with Crippen molar-refractivity contribution in [1.29, 1.82) is 0 Å². The Morgan fingerprint density at radius 3 is 2.66 bits per heavy atom. The smallest absolute Gasteiger partial charge is 0.276 e. The molecule has 1 aliphatic heterocycles. The van der Waals surface area contributed by atoms with Gasteiger partial charge >= 0.3 is 0 Å². The molecule has 0 spiro atoms. The highest BCUT2D eigenvalue weighted by atomic mass is 32.2. The molecule has 2 fully saturated rings. The summed E-state index contributed by atoms with van der Waals surface area (Å²) in [5.74, 6) is 1.82. The van der Waals surface area contributed by atoms with Gasteiger partial charge in [0.25, 0.3) is 5.22 Å². The molecule has 154 valence electrons. The molecule has 1 aliphatic carbocycles. The topological polar surface area (TPSA) is 88.3 Å². The van der Waals surface area contributed by atoms with Crippen LogP contribution in [0.5, 0.6) is 0 Å². The molecule has 1 aromatic heterocycles. The molecule has 0 radical (unpaired) electrons. The van der Waals surface area contributed by atoms with Crippen LogP contribution in [0.25, 0.3) is 0 Å². The van der Waals surface area contributed by atoms with E-state index in [2.05, 4.69) is 15.5 Å². The van der Waals surface area contributed by atoms with Crippen molar-refractivity contribution in [2.24, 2.45) is 0 Å². The highest BCUT2D eigenvalue weighted by Gasteiger charge is 2.22. The van der Waals surface area contributed by atoms with Gasteiger partial charge < -0.3 is 14.6 Å². The number of carbonyl (C=O) groups is 2. The third-order valence-corrected chi connectivity index (χ3v) is 6.29. The Labute approximate surface area is 174 Å². The molecule has 2 amide bonds. The zero-order valence-electron chi connectivity index (χ0n) is 16.4. The summed E-state index contributed by atoms with van der Waals surface area (Å²) in [4.78, 5) is 25.8. The lowest BCUT2D eigenvalue weighted by Gasteiger charge is -2.17. The van der Waals surface area contributed by atoms with Gasteiger partial charge in [0.05, 0.1) is 0 Å². The number of hydrogen-bond donors (Lipinski definition) is 1. The van der Waals surface area contributed by atoms with Crippen molar-refractivity contribution in [1.82, 2.24) is 10.2 Å². The number of benzene rings is 1. The number of hydrogen-bond acceptors (Lipinski definition) is 6. The zero-order chi connectivity index (χ0) is 20.1. The average Bonchev–Trinajstić information content (AvgIpc) is 3.38. The fourth-order valence-corrected chi connectivity index (χ4v) is 4.60. The lowest BCUT2D eigenvalue weighted by Crippen LogP contribution is -2.23. The van der Waals surface area contributed by atoms with Gasteiger partial charge in [0.2, 0.25) is 17.7 Å². The molecule has 4 rings (SSSR count). The molecule has 0 bridgehead atoms. The molecule has 8 heteroatoms. The molecule has 1 saturated heterocycles. The normalized spacial score (nSPS) is 17.7. The highest BCUT2D eigenvalue weighted by Crippen LogP contribution is 2.33. The van der Waals surface area contributed by atoms with Crippen LogP contribution in [0.4, 0.5) is 11.4 Å². The third-order valence-electron chi connectivity index (χ3n) is 5.47. The summed E-state index contributed by atoms with van der Waals surface area (Å²) in [5.41, 5.74) is 1.61. The van der Waals surface area contributed by atoms with E-state index in [0.717, 1.165) is 43.1 Å². The van der Waals surface area contributed by atoms with Crippen molar-refractivity contribution in [3.05, 3.63) is 30.2 Å². The molecule has 1 saturated carbocycles. The number of aromatic nitrogens is 2. The predicted octanol–water partition coefficient (Wildman–Crippen LogP) is 4.37. The maximum Gasteiger partial charge on any atom is 0.276 e. The van der Waals surface area contributed by atoms with E-state index in [4.69, 9.17) is 4.42 Å². The second-order valence-electron chi connectivity index (χ2n) is 7.58. The summed E-state index contributed by atoms with van der Waals surface area (Å²) in [6, 6.07) is 7.42. The van der Waals surface area contributed by atoms with Gasteiger partial charge in [-0.05, 0) is 43.5 Å². The number of rotatable bonds is 7. The van der Waals surface area contributed by atoms with Crippen molar-refractivity contribution in [3.8, 4) is 0 Å². The number of nitrogens with zero attached hydrogens (tertiary/aromatic N) is 3. The van der Waals surface area contributed by atoms with Crippen LogP contribution in [0.15, 0.2) is 33.9 Å². The van der Waals surface area contributed by atoms with Gasteiger partial charge in [0, 0.05) is 42.4 Å². The van der Waals surface area contributed by atoms with Gasteiger partial charge in [0.15, 0.2) is 0 Å². The van der Waals surface area contributed by atoms with Crippen LogP contribution in [0.1, 0.15) is 63.2 Å². The van der Waals surface area contributed by atoms with Crippen molar-refractivity contribution in [2.45, 2.75) is 62.5 Å². The lowest BCUT2D eigenvalue weighted by atomic mass is 9.89. The Morgan fingerprint density at radius 1 is 1.14 bits per heavy atom. The SMILES string of the molecule is O=C(CCSc1nnc(C2CCCCC2)o1)Nc1ccc(N2CCCC2=O)cc1. The van der Waals surface area contributed by atoms with Crippen LogP contribution in [0.3, 0.4) is 0 Å². The van der Waals surface area contributed by atoms with Crippen molar-refractivity contribution < 1.29 is 14.0 Å².